The predicted octanol–water partition coefficient (Wildman–Crippen LogP) is 2.15. The van der Waals surface area contributed by atoms with E-state index in [-0.39, 0.29) is 11.9 Å². The third kappa shape index (κ3) is 4.01. The smallest absolute Gasteiger partial charge is 0.235 e. The van der Waals surface area contributed by atoms with Crippen LogP contribution in [0.1, 0.15) is 12.8 Å². The third-order valence-electron chi connectivity index (χ3n) is 2.60. The fraction of sp³-hybridized carbons (Fsp3) is 0.417. The summed E-state index contributed by atoms with van der Waals surface area (Å²) in [6, 6.07) is 8.25. The van der Waals surface area contributed by atoms with Gasteiger partial charge in [-0.1, -0.05) is 12.1 Å². The zero-order chi connectivity index (χ0) is 12.3. The van der Waals surface area contributed by atoms with E-state index in [0.717, 1.165) is 22.2 Å². The summed E-state index contributed by atoms with van der Waals surface area (Å²) in [5, 5.41) is 3.27. The van der Waals surface area contributed by atoms with E-state index in [1.807, 2.05) is 24.3 Å². The first-order valence-corrected chi connectivity index (χ1v) is 7.37. The van der Waals surface area contributed by atoms with Crippen LogP contribution in [0, 0.1) is 0 Å². The van der Waals surface area contributed by atoms with E-state index in [9.17, 15) is 4.79 Å². The molecule has 17 heavy (non-hydrogen) atoms. The summed E-state index contributed by atoms with van der Waals surface area (Å²) in [6.45, 7) is 0. The molecule has 1 fully saturated rings. The maximum absolute atomic E-state index is 11.3. The molecule has 0 aliphatic heterocycles. The van der Waals surface area contributed by atoms with Crippen molar-refractivity contribution in [1.82, 2.24) is 5.32 Å². The Morgan fingerprint density at radius 2 is 2.24 bits per heavy atom. The summed E-state index contributed by atoms with van der Waals surface area (Å²) in [7, 11) is 0. The topological polar surface area (TPSA) is 55.1 Å². The molecule has 1 saturated carbocycles. The van der Waals surface area contributed by atoms with Crippen molar-refractivity contribution in [2.24, 2.45) is 5.73 Å². The maximum atomic E-state index is 11.3. The minimum Gasteiger partial charge on any atom is -0.368 e. The highest BCUT2D eigenvalue weighted by molar-refractivity contribution is 9.10. The number of benzene rings is 1. The van der Waals surface area contributed by atoms with Crippen molar-refractivity contribution < 1.29 is 4.79 Å². The molecule has 1 atom stereocenters. The van der Waals surface area contributed by atoms with Crippen molar-refractivity contribution in [2.75, 3.05) is 5.75 Å². The monoisotopic (exact) mass is 314 g/mol. The highest BCUT2D eigenvalue weighted by Crippen LogP contribution is 2.28. The maximum Gasteiger partial charge on any atom is 0.235 e. The summed E-state index contributed by atoms with van der Waals surface area (Å²) in [4.78, 5) is 12.4. The van der Waals surface area contributed by atoms with Crippen LogP contribution in [0.3, 0.4) is 0 Å². The van der Waals surface area contributed by atoms with Gasteiger partial charge in [0.05, 0.1) is 6.04 Å². The first kappa shape index (κ1) is 12.9. The van der Waals surface area contributed by atoms with E-state index >= 15 is 0 Å². The number of hydrogen-bond donors (Lipinski definition) is 2. The molecule has 1 amide bonds. The van der Waals surface area contributed by atoms with E-state index in [0.29, 0.717) is 11.8 Å². The standard InChI is InChI=1S/C12H15BrN2OS/c13-9-3-1-2-4-11(9)17-7-10(12(14)16)15-8-5-6-8/h1-4,8,10,15H,5-7H2,(H2,14,16). The Labute approximate surface area is 114 Å². The average molecular weight is 315 g/mol. The average Bonchev–Trinajstić information content (AvgIpc) is 3.09. The van der Waals surface area contributed by atoms with Gasteiger partial charge >= 0.3 is 0 Å². The summed E-state index contributed by atoms with van der Waals surface area (Å²) in [5.74, 6) is 0.408. The van der Waals surface area contributed by atoms with Crippen LogP contribution in [-0.2, 0) is 4.79 Å². The fourth-order valence-electron chi connectivity index (χ4n) is 1.48. The number of nitrogens with two attached hydrogens (primary N) is 1. The Morgan fingerprint density at radius 1 is 1.53 bits per heavy atom. The van der Waals surface area contributed by atoms with Crippen LogP contribution >= 0.6 is 27.7 Å². The van der Waals surface area contributed by atoms with Crippen LogP contribution in [-0.4, -0.2) is 23.7 Å². The number of primary amides is 1. The molecule has 0 heterocycles. The lowest BCUT2D eigenvalue weighted by Gasteiger charge is -2.14. The normalized spacial score (nSPS) is 16.8. The lowest BCUT2D eigenvalue weighted by molar-refractivity contribution is -0.119. The first-order chi connectivity index (χ1) is 8.16. The van der Waals surface area contributed by atoms with Gasteiger partial charge in [0.25, 0.3) is 0 Å². The van der Waals surface area contributed by atoms with Crippen LogP contribution in [0.15, 0.2) is 33.6 Å². The highest BCUT2D eigenvalue weighted by atomic mass is 79.9. The Morgan fingerprint density at radius 3 is 2.82 bits per heavy atom. The molecule has 0 bridgehead atoms. The van der Waals surface area contributed by atoms with E-state index in [1.54, 1.807) is 11.8 Å². The molecule has 3 N–H and O–H groups in total. The molecular formula is C12H15BrN2OS. The highest BCUT2D eigenvalue weighted by Gasteiger charge is 2.27. The number of hydrogen-bond acceptors (Lipinski definition) is 3. The lowest BCUT2D eigenvalue weighted by atomic mass is 10.3. The number of thioether (sulfide) groups is 1. The van der Waals surface area contributed by atoms with E-state index in [4.69, 9.17) is 5.73 Å². The van der Waals surface area contributed by atoms with Gasteiger partial charge in [-0.2, -0.15) is 0 Å². The number of nitrogens with one attached hydrogen (secondary N) is 1. The van der Waals surface area contributed by atoms with Crippen LogP contribution in [0.25, 0.3) is 0 Å². The number of halogens is 1. The number of carbonyl (C=O) groups is 1. The van der Waals surface area contributed by atoms with Gasteiger partial charge < -0.3 is 11.1 Å². The van der Waals surface area contributed by atoms with Gasteiger partial charge in [0, 0.05) is 21.2 Å². The summed E-state index contributed by atoms with van der Waals surface area (Å²) < 4.78 is 1.06. The molecule has 1 aromatic rings. The Balaban J connectivity index is 1.90. The van der Waals surface area contributed by atoms with Gasteiger partial charge in [-0.15, -0.1) is 11.8 Å². The quantitative estimate of drug-likeness (QED) is 0.791. The van der Waals surface area contributed by atoms with Gasteiger partial charge in [0.1, 0.15) is 0 Å². The molecule has 0 radical (unpaired) electrons. The number of carbonyl (C=O) groups excluding carboxylic acids is 1. The van der Waals surface area contributed by atoms with Crippen molar-refractivity contribution in [3.05, 3.63) is 28.7 Å². The molecule has 3 nitrogen and oxygen atoms in total. The number of rotatable bonds is 6. The molecule has 2 rings (SSSR count). The van der Waals surface area contributed by atoms with Gasteiger partial charge in [-0.3, -0.25) is 4.79 Å². The number of amides is 1. The molecule has 1 aromatic carbocycles. The largest absolute Gasteiger partial charge is 0.368 e. The molecule has 1 aliphatic carbocycles. The second kappa shape index (κ2) is 5.89. The van der Waals surface area contributed by atoms with Gasteiger partial charge in [0.15, 0.2) is 0 Å². The van der Waals surface area contributed by atoms with Crippen molar-refractivity contribution in [2.45, 2.75) is 29.8 Å². The fourth-order valence-corrected chi connectivity index (χ4v) is 3.10. The Bertz CT molecular complexity index is 409. The van der Waals surface area contributed by atoms with Crippen molar-refractivity contribution >= 4 is 33.6 Å². The Kier molecular flexibility index (Phi) is 4.48. The lowest BCUT2D eigenvalue weighted by Crippen LogP contribution is -2.44. The minimum atomic E-state index is -0.267. The Hall–Kier alpha value is -0.520. The van der Waals surface area contributed by atoms with Crippen LogP contribution in [0.5, 0.6) is 0 Å². The van der Waals surface area contributed by atoms with Crippen LogP contribution < -0.4 is 11.1 Å². The van der Waals surface area contributed by atoms with Gasteiger partial charge in [-0.05, 0) is 40.9 Å². The molecule has 0 aromatic heterocycles. The molecule has 1 unspecified atom stereocenters. The van der Waals surface area contributed by atoms with Crippen molar-refractivity contribution in [1.29, 1.82) is 0 Å². The van der Waals surface area contributed by atoms with Crippen molar-refractivity contribution in [3.63, 3.8) is 0 Å². The SMILES string of the molecule is NC(=O)C(CSc1ccccc1Br)NC1CC1. The molecule has 92 valence electrons. The predicted molar refractivity (Wildman–Crippen MR) is 74.0 cm³/mol. The van der Waals surface area contributed by atoms with Crippen LogP contribution in [0.2, 0.25) is 0 Å². The molecule has 5 heteroatoms. The minimum absolute atomic E-state index is 0.236. The zero-order valence-electron chi connectivity index (χ0n) is 9.36. The summed E-state index contributed by atoms with van der Waals surface area (Å²) in [5.41, 5.74) is 5.39. The van der Waals surface area contributed by atoms with E-state index < -0.39 is 0 Å². The molecule has 0 saturated heterocycles. The summed E-state index contributed by atoms with van der Waals surface area (Å²) in [6.07, 6.45) is 2.31. The molecule has 0 spiro atoms. The zero-order valence-corrected chi connectivity index (χ0v) is 11.8. The summed E-state index contributed by atoms with van der Waals surface area (Å²) >= 11 is 5.13. The second-order valence-corrected chi connectivity index (χ2v) is 6.05. The van der Waals surface area contributed by atoms with Gasteiger partial charge in [0.2, 0.25) is 5.91 Å². The third-order valence-corrected chi connectivity index (χ3v) is 4.72. The van der Waals surface area contributed by atoms with E-state index in [2.05, 4.69) is 21.2 Å². The molecule has 1 aliphatic rings. The van der Waals surface area contributed by atoms with Crippen molar-refractivity contribution in [3.8, 4) is 0 Å². The molecular weight excluding hydrogens is 300 g/mol. The first-order valence-electron chi connectivity index (χ1n) is 5.59. The van der Waals surface area contributed by atoms with Gasteiger partial charge in [-0.25, -0.2) is 0 Å². The van der Waals surface area contributed by atoms with Crippen LogP contribution in [0.4, 0.5) is 0 Å². The second-order valence-electron chi connectivity index (χ2n) is 4.14. The van der Waals surface area contributed by atoms with E-state index in [1.165, 1.54) is 0 Å².